The predicted molar refractivity (Wildman–Crippen MR) is 69.9 cm³/mol. The van der Waals surface area contributed by atoms with Gasteiger partial charge >= 0.3 is 6.09 Å². The third-order valence-corrected chi connectivity index (χ3v) is 3.14. The first kappa shape index (κ1) is 13.7. The highest BCUT2D eigenvalue weighted by molar-refractivity contribution is 14.1. The van der Waals surface area contributed by atoms with Crippen LogP contribution in [0.4, 0.5) is 4.79 Å². The molecule has 0 spiro atoms. The van der Waals surface area contributed by atoms with Crippen LogP contribution in [-0.4, -0.2) is 39.4 Å². The van der Waals surface area contributed by atoms with Crippen LogP contribution in [0.2, 0.25) is 0 Å². The van der Waals surface area contributed by atoms with Crippen molar-refractivity contribution in [2.45, 2.75) is 45.3 Å². The van der Waals surface area contributed by atoms with E-state index in [-0.39, 0.29) is 17.9 Å². The lowest BCUT2D eigenvalue weighted by Gasteiger charge is -2.27. The van der Waals surface area contributed by atoms with E-state index in [9.17, 15) is 9.59 Å². The van der Waals surface area contributed by atoms with E-state index in [0.717, 1.165) is 12.8 Å². The molecule has 0 aromatic rings. The number of Topliss-reactive ketones (excluding diaryl/α,β-unsaturated/α-hetero) is 1. The maximum Gasteiger partial charge on any atom is 0.410 e. The first-order chi connectivity index (χ1) is 7.35. The van der Waals surface area contributed by atoms with Gasteiger partial charge in [0.05, 0.1) is 10.5 Å². The van der Waals surface area contributed by atoms with Crippen molar-refractivity contribution in [3.63, 3.8) is 0 Å². The molecule has 0 aromatic carbocycles. The Hall–Kier alpha value is -0.330. The maximum absolute atomic E-state index is 11.8. The lowest BCUT2D eigenvalue weighted by atomic mass is 10.1. The maximum atomic E-state index is 11.8. The third kappa shape index (κ3) is 3.61. The molecule has 1 heterocycles. The van der Waals surface area contributed by atoms with Crippen molar-refractivity contribution in [1.29, 1.82) is 0 Å². The molecule has 1 amide bonds. The topological polar surface area (TPSA) is 46.6 Å². The summed E-state index contributed by atoms with van der Waals surface area (Å²) in [6.07, 6.45) is 1.28. The summed E-state index contributed by atoms with van der Waals surface area (Å²) in [5, 5.41) is 0. The smallest absolute Gasteiger partial charge is 0.410 e. The minimum atomic E-state index is -0.502. The van der Waals surface area contributed by atoms with Crippen LogP contribution in [0, 0.1) is 0 Å². The zero-order valence-electron chi connectivity index (χ0n) is 9.96. The molecule has 4 nitrogen and oxygen atoms in total. The molecule has 1 unspecified atom stereocenters. The zero-order valence-corrected chi connectivity index (χ0v) is 12.1. The van der Waals surface area contributed by atoms with Crippen LogP contribution < -0.4 is 0 Å². The van der Waals surface area contributed by atoms with Crippen LogP contribution in [0.5, 0.6) is 0 Å². The summed E-state index contributed by atoms with van der Waals surface area (Å²) in [5.74, 6) is 0.115. The number of alkyl halides is 1. The van der Waals surface area contributed by atoms with E-state index in [1.54, 1.807) is 4.90 Å². The van der Waals surface area contributed by atoms with Crippen molar-refractivity contribution in [3.8, 4) is 0 Å². The van der Waals surface area contributed by atoms with Crippen LogP contribution in [0.1, 0.15) is 33.6 Å². The summed E-state index contributed by atoms with van der Waals surface area (Å²) in [5.41, 5.74) is -0.502. The van der Waals surface area contributed by atoms with Gasteiger partial charge in [-0.3, -0.25) is 9.69 Å². The molecule has 0 N–H and O–H groups in total. The molecular formula is C11H18INO3. The van der Waals surface area contributed by atoms with E-state index in [4.69, 9.17) is 4.74 Å². The largest absolute Gasteiger partial charge is 0.444 e. The Morgan fingerprint density at radius 3 is 2.56 bits per heavy atom. The molecule has 1 saturated heterocycles. The lowest BCUT2D eigenvalue weighted by molar-refractivity contribution is -0.120. The van der Waals surface area contributed by atoms with Gasteiger partial charge in [-0.25, -0.2) is 4.79 Å². The van der Waals surface area contributed by atoms with Crippen molar-refractivity contribution < 1.29 is 14.3 Å². The predicted octanol–water partition coefficient (Wildman–Crippen LogP) is 2.39. The van der Waals surface area contributed by atoms with Gasteiger partial charge in [-0.15, -0.1) is 0 Å². The molecule has 1 aliphatic heterocycles. The molecule has 0 aromatic heterocycles. The Balaban J connectivity index is 2.65. The number of carbonyl (C=O) groups is 2. The van der Waals surface area contributed by atoms with Crippen LogP contribution in [-0.2, 0) is 9.53 Å². The average Bonchev–Trinajstić information content (AvgIpc) is 2.62. The molecule has 0 radical (unpaired) electrons. The van der Waals surface area contributed by atoms with Gasteiger partial charge in [0.15, 0.2) is 5.78 Å². The van der Waals surface area contributed by atoms with Crippen molar-refractivity contribution in [2.24, 2.45) is 0 Å². The van der Waals surface area contributed by atoms with E-state index in [0.29, 0.717) is 11.0 Å². The monoisotopic (exact) mass is 339 g/mol. The normalized spacial score (nSPS) is 21.0. The fraction of sp³-hybridized carbons (Fsp3) is 0.818. The summed E-state index contributed by atoms with van der Waals surface area (Å²) in [7, 11) is 0. The molecule has 16 heavy (non-hydrogen) atoms. The second-order valence-corrected chi connectivity index (χ2v) is 5.69. The fourth-order valence-electron chi connectivity index (χ4n) is 1.73. The Morgan fingerprint density at radius 2 is 2.06 bits per heavy atom. The minimum Gasteiger partial charge on any atom is -0.444 e. The molecule has 0 saturated carbocycles. The summed E-state index contributed by atoms with van der Waals surface area (Å²) in [6, 6.07) is -0.272. The van der Waals surface area contributed by atoms with Crippen LogP contribution in [0.15, 0.2) is 0 Å². The van der Waals surface area contributed by atoms with Crippen LogP contribution in [0.25, 0.3) is 0 Å². The van der Waals surface area contributed by atoms with Crippen LogP contribution >= 0.6 is 22.6 Å². The van der Waals surface area contributed by atoms with Gasteiger partial charge in [-0.2, -0.15) is 0 Å². The van der Waals surface area contributed by atoms with Gasteiger partial charge in [0.1, 0.15) is 5.60 Å². The molecule has 0 aliphatic carbocycles. The highest BCUT2D eigenvalue weighted by Gasteiger charge is 2.35. The Labute approximate surface area is 110 Å². The van der Waals surface area contributed by atoms with Gasteiger partial charge in [0, 0.05) is 6.54 Å². The Bertz CT molecular complexity index is 285. The number of ether oxygens (including phenoxy) is 1. The molecule has 1 aliphatic rings. The summed E-state index contributed by atoms with van der Waals surface area (Å²) >= 11 is 2.04. The van der Waals surface area contributed by atoms with E-state index >= 15 is 0 Å². The second-order valence-electron chi connectivity index (χ2n) is 4.93. The molecule has 5 heteroatoms. The number of likely N-dealkylation sites (tertiary alicyclic amines) is 1. The van der Waals surface area contributed by atoms with Crippen molar-refractivity contribution in [3.05, 3.63) is 0 Å². The molecule has 0 bridgehead atoms. The number of carbonyl (C=O) groups excluding carboxylic acids is 2. The first-order valence-corrected chi connectivity index (χ1v) is 6.96. The molecule has 1 atom stereocenters. The van der Waals surface area contributed by atoms with E-state index in [1.165, 1.54) is 0 Å². The number of amides is 1. The quantitative estimate of drug-likeness (QED) is 0.573. The summed E-state index contributed by atoms with van der Waals surface area (Å²) in [6.45, 7) is 6.12. The molecule has 1 rings (SSSR count). The van der Waals surface area contributed by atoms with Gasteiger partial charge in [0.25, 0.3) is 0 Å². The average molecular weight is 339 g/mol. The summed E-state index contributed by atoms with van der Waals surface area (Å²) < 4.78 is 5.73. The third-order valence-electron chi connectivity index (χ3n) is 2.38. The van der Waals surface area contributed by atoms with Crippen molar-refractivity contribution in [2.75, 3.05) is 11.0 Å². The Morgan fingerprint density at radius 1 is 1.44 bits per heavy atom. The van der Waals surface area contributed by atoms with E-state index < -0.39 is 5.60 Å². The number of hydrogen-bond acceptors (Lipinski definition) is 3. The van der Waals surface area contributed by atoms with Crippen molar-refractivity contribution in [1.82, 2.24) is 4.90 Å². The number of nitrogens with zero attached hydrogens (tertiary/aromatic N) is 1. The zero-order chi connectivity index (χ0) is 12.3. The first-order valence-electron chi connectivity index (χ1n) is 5.43. The second kappa shape index (κ2) is 5.33. The Kier molecular flexibility index (Phi) is 4.58. The number of hydrogen-bond donors (Lipinski definition) is 0. The SMILES string of the molecule is CC(C)(C)OC(=O)N1CCCC1C(=O)CI. The lowest BCUT2D eigenvalue weighted by Crippen LogP contribution is -2.43. The van der Waals surface area contributed by atoms with Crippen LogP contribution in [0.3, 0.4) is 0 Å². The number of ketones is 1. The van der Waals surface area contributed by atoms with Crippen molar-refractivity contribution >= 4 is 34.5 Å². The standard InChI is InChI=1S/C11H18INO3/c1-11(2,3)16-10(15)13-6-4-5-8(13)9(14)7-12/h8H,4-7H2,1-3H3. The molecular weight excluding hydrogens is 321 g/mol. The molecule has 92 valence electrons. The summed E-state index contributed by atoms with van der Waals surface area (Å²) in [4.78, 5) is 25.0. The van der Waals surface area contributed by atoms with Gasteiger partial charge < -0.3 is 4.74 Å². The van der Waals surface area contributed by atoms with E-state index in [2.05, 4.69) is 0 Å². The van der Waals surface area contributed by atoms with Gasteiger partial charge in [0.2, 0.25) is 0 Å². The highest BCUT2D eigenvalue weighted by atomic mass is 127. The number of rotatable bonds is 2. The van der Waals surface area contributed by atoms with Gasteiger partial charge in [-0.05, 0) is 33.6 Å². The molecule has 1 fully saturated rings. The fourth-order valence-corrected chi connectivity index (χ4v) is 2.24. The van der Waals surface area contributed by atoms with E-state index in [1.807, 2.05) is 43.4 Å². The highest BCUT2D eigenvalue weighted by Crippen LogP contribution is 2.21. The number of halogens is 1. The van der Waals surface area contributed by atoms with Gasteiger partial charge in [-0.1, -0.05) is 22.6 Å². The minimum absolute atomic E-state index is 0.115.